The molecule has 0 aliphatic carbocycles. The lowest BCUT2D eigenvalue weighted by molar-refractivity contribution is -0.119. The average Bonchev–Trinajstić information content (AvgIpc) is 3.41. The Labute approximate surface area is 173 Å². The van der Waals surface area contributed by atoms with E-state index in [0.29, 0.717) is 17.3 Å². The molecule has 6 nitrogen and oxygen atoms in total. The summed E-state index contributed by atoms with van der Waals surface area (Å²) in [5, 5.41) is 7.36. The van der Waals surface area contributed by atoms with Crippen LogP contribution in [0.3, 0.4) is 0 Å². The number of hydrogen-bond donors (Lipinski definition) is 1. The predicted octanol–water partition coefficient (Wildman–Crippen LogP) is 3.64. The second-order valence-electron chi connectivity index (χ2n) is 7.06. The van der Waals surface area contributed by atoms with Crippen LogP contribution in [0.25, 0.3) is 5.69 Å². The molecule has 2 aromatic carbocycles. The molecule has 3 aromatic rings. The fourth-order valence-corrected chi connectivity index (χ4v) is 4.37. The SMILES string of the molecule is Cc1ccc(NC(=O)C2CSCN2C(=O)c2ccn(-c3ccccc3)n2)cc1C. The second-order valence-corrected chi connectivity index (χ2v) is 8.06. The van der Waals surface area contributed by atoms with E-state index in [1.165, 1.54) is 5.56 Å². The van der Waals surface area contributed by atoms with Crippen LogP contribution < -0.4 is 5.32 Å². The largest absolute Gasteiger partial charge is 0.324 e. The Bertz CT molecular complexity index is 1050. The van der Waals surface area contributed by atoms with Crippen LogP contribution in [-0.2, 0) is 4.79 Å². The first-order chi connectivity index (χ1) is 14.0. The molecule has 1 aromatic heterocycles. The number of aryl methyl sites for hydroxylation is 2. The number of benzene rings is 2. The maximum atomic E-state index is 13.0. The average molecular weight is 407 g/mol. The van der Waals surface area contributed by atoms with Gasteiger partial charge in [-0.3, -0.25) is 9.59 Å². The normalized spacial score (nSPS) is 16.1. The zero-order valence-corrected chi connectivity index (χ0v) is 17.1. The van der Waals surface area contributed by atoms with Crippen LogP contribution in [0, 0.1) is 13.8 Å². The van der Waals surface area contributed by atoms with Gasteiger partial charge in [-0.25, -0.2) is 4.68 Å². The molecule has 4 rings (SSSR count). The first-order valence-corrected chi connectivity index (χ1v) is 10.6. The third-order valence-electron chi connectivity index (χ3n) is 5.05. The molecule has 2 heterocycles. The summed E-state index contributed by atoms with van der Waals surface area (Å²) in [6, 6.07) is 16.6. The number of carbonyl (C=O) groups is 2. The van der Waals surface area contributed by atoms with E-state index in [-0.39, 0.29) is 11.8 Å². The van der Waals surface area contributed by atoms with Gasteiger partial charge in [-0.1, -0.05) is 24.3 Å². The van der Waals surface area contributed by atoms with Crippen LogP contribution in [0.5, 0.6) is 0 Å². The Kier molecular flexibility index (Phi) is 5.40. The van der Waals surface area contributed by atoms with E-state index < -0.39 is 6.04 Å². The molecular formula is C22H22N4O2S. The number of aromatic nitrogens is 2. The zero-order valence-electron chi connectivity index (χ0n) is 16.3. The van der Waals surface area contributed by atoms with Crippen LogP contribution in [0.15, 0.2) is 60.8 Å². The Hall–Kier alpha value is -3.06. The molecule has 29 heavy (non-hydrogen) atoms. The summed E-state index contributed by atoms with van der Waals surface area (Å²) >= 11 is 1.57. The first-order valence-electron chi connectivity index (χ1n) is 9.41. The molecule has 1 aliphatic rings. The van der Waals surface area contributed by atoms with Crippen molar-refractivity contribution in [2.45, 2.75) is 19.9 Å². The highest BCUT2D eigenvalue weighted by molar-refractivity contribution is 7.99. The lowest BCUT2D eigenvalue weighted by Crippen LogP contribution is -2.44. The van der Waals surface area contributed by atoms with Gasteiger partial charge >= 0.3 is 0 Å². The smallest absolute Gasteiger partial charge is 0.275 e. The molecule has 1 saturated heterocycles. The predicted molar refractivity (Wildman–Crippen MR) is 115 cm³/mol. The van der Waals surface area contributed by atoms with Gasteiger partial charge in [-0.2, -0.15) is 5.10 Å². The lowest BCUT2D eigenvalue weighted by atomic mass is 10.1. The number of amides is 2. The number of nitrogens with zero attached hydrogens (tertiary/aromatic N) is 3. The summed E-state index contributed by atoms with van der Waals surface area (Å²) in [6.07, 6.45) is 1.76. The Morgan fingerprint density at radius 3 is 2.62 bits per heavy atom. The van der Waals surface area contributed by atoms with Crippen molar-refractivity contribution in [1.29, 1.82) is 0 Å². The maximum Gasteiger partial charge on any atom is 0.275 e. The Morgan fingerprint density at radius 2 is 1.86 bits per heavy atom. The van der Waals surface area contributed by atoms with E-state index in [4.69, 9.17) is 0 Å². The van der Waals surface area contributed by atoms with Crippen LogP contribution in [0.1, 0.15) is 21.6 Å². The molecule has 2 amide bonds. The zero-order chi connectivity index (χ0) is 20.4. The van der Waals surface area contributed by atoms with Crippen LogP contribution >= 0.6 is 11.8 Å². The number of thioether (sulfide) groups is 1. The van der Waals surface area contributed by atoms with E-state index in [0.717, 1.165) is 16.9 Å². The van der Waals surface area contributed by atoms with Crippen molar-refractivity contribution in [1.82, 2.24) is 14.7 Å². The highest BCUT2D eigenvalue weighted by Gasteiger charge is 2.36. The molecule has 7 heteroatoms. The number of para-hydroxylation sites is 1. The molecule has 1 aliphatic heterocycles. The van der Waals surface area contributed by atoms with Crippen LogP contribution in [0.2, 0.25) is 0 Å². The van der Waals surface area contributed by atoms with Crippen molar-refractivity contribution in [2.24, 2.45) is 0 Å². The maximum absolute atomic E-state index is 13.0. The van der Waals surface area contributed by atoms with Gasteiger partial charge in [-0.05, 0) is 55.3 Å². The summed E-state index contributed by atoms with van der Waals surface area (Å²) in [6.45, 7) is 4.04. The first kappa shape index (κ1) is 19.3. The van der Waals surface area contributed by atoms with E-state index in [2.05, 4.69) is 10.4 Å². The van der Waals surface area contributed by atoms with Gasteiger partial charge in [0, 0.05) is 17.6 Å². The summed E-state index contributed by atoms with van der Waals surface area (Å²) in [4.78, 5) is 27.5. The molecule has 1 fully saturated rings. The fourth-order valence-electron chi connectivity index (χ4n) is 3.21. The van der Waals surface area contributed by atoms with Gasteiger partial charge < -0.3 is 10.2 Å². The van der Waals surface area contributed by atoms with E-state index in [1.807, 2.05) is 62.4 Å². The number of nitrogens with one attached hydrogen (secondary N) is 1. The second kappa shape index (κ2) is 8.13. The van der Waals surface area contributed by atoms with Gasteiger partial charge in [0.15, 0.2) is 5.69 Å². The summed E-state index contributed by atoms with van der Waals surface area (Å²) in [5.41, 5.74) is 4.25. The molecule has 1 atom stereocenters. The molecule has 148 valence electrons. The minimum absolute atomic E-state index is 0.172. The number of anilines is 1. The highest BCUT2D eigenvalue weighted by Crippen LogP contribution is 2.25. The Balaban J connectivity index is 1.49. The number of hydrogen-bond acceptors (Lipinski definition) is 4. The molecule has 0 radical (unpaired) electrons. The van der Waals surface area contributed by atoms with Crippen molar-refractivity contribution in [3.8, 4) is 5.69 Å². The van der Waals surface area contributed by atoms with Gasteiger partial charge in [0.25, 0.3) is 5.91 Å². The highest BCUT2D eigenvalue weighted by atomic mass is 32.2. The number of rotatable bonds is 4. The third-order valence-corrected chi connectivity index (χ3v) is 6.06. The van der Waals surface area contributed by atoms with Crippen molar-refractivity contribution >= 4 is 29.3 Å². The summed E-state index contributed by atoms with van der Waals surface area (Å²) in [5.74, 6) is 0.642. The topological polar surface area (TPSA) is 67.2 Å². The fraction of sp³-hybridized carbons (Fsp3) is 0.227. The monoisotopic (exact) mass is 406 g/mol. The van der Waals surface area contributed by atoms with Crippen LogP contribution in [0.4, 0.5) is 5.69 Å². The van der Waals surface area contributed by atoms with E-state index in [9.17, 15) is 9.59 Å². The van der Waals surface area contributed by atoms with Gasteiger partial charge in [0.05, 0.1) is 11.6 Å². The molecule has 0 spiro atoms. The van der Waals surface area contributed by atoms with E-state index in [1.54, 1.807) is 33.6 Å². The lowest BCUT2D eigenvalue weighted by Gasteiger charge is -2.22. The molecule has 0 bridgehead atoms. The quantitative estimate of drug-likeness (QED) is 0.718. The molecule has 1 N–H and O–H groups in total. The third kappa shape index (κ3) is 4.05. The van der Waals surface area contributed by atoms with E-state index >= 15 is 0 Å². The minimum Gasteiger partial charge on any atom is -0.324 e. The van der Waals surface area contributed by atoms with Crippen molar-refractivity contribution in [3.63, 3.8) is 0 Å². The van der Waals surface area contributed by atoms with Crippen LogP contribution in [-0.4, -0.2) is 44.2 Å². The van der Waals surface area contributed by atoms with Crippen molar-refractivity contribution in [3.05, 3.63) is 77.6 Å². The molecular weight excluding hydrogens is 384 g/mol. The van der Waals surface area contributed by atoms with Gasteiger partial charge in [0.1, 0.15) is 6.04 Å². The molecule has 1 unspecified atom stereocenters. The van der Waals surface area contributed by atoms with Crippen molar-refractivity contribution < 1.29 is 9.59 Å². The van der Waals surface area contributed by atoms with Crippen molar-refractivity contribution in [2.75, 3.05) is 16.9 Å². The summed E-state index contributed by atoms with van der Waals surface area (Å²) < 4.78 is 1.67. The van der Waals surface area contributed by atoms with Gasteiger partial charge in [0.2, 0.25) is 5.91 Å². The molecule has 0 saturated carbocycles. The Morgan fingerprint density at radius 1 is 1.07 bits per heavy atom. The number of carbonyl (C=O) groups excluding carboxylic acids is 2. The summed E-state index contributed by atoms with van der Waals surface area (Å²) in [7, 11) is 0. The standard InChI is InChI=1S/C22H22N4O2S/c1-15-8-9-17(12-16(15)2)23-21(27)20-13-29-14-25(20)22(28)19-10-11-26(24-19)18-6-4-3-5-7-18/h3-12,20H,13-14H2,1-2H3,(H,23,27). The van der Waals surface area contributed by atoms with Gasteiger partial charge in [-0.15, -0.1) is 11.8 Å². The minimum atomic E-state index is -0.518.